The number of hydrogen-bond acceptors (Lipinski definition) is 3. The molecule has 0 saturated heterocycles. The van der Waals surface area contributed by atoms with E-state index in [0.29, 0.717) is 0 Å². The van der Waals surface area contributed by atoms with Gasteiger partial charge < -0.3 is 0 Å². The van der Waals surface area contributed by atoms with E-state index in [1.807, 2.05) is 0 Å². The highest BCUT2D eigenvalue weighted by atomic mass is 79.9. The molecule has 320 valence electrons. The van der Waals surface area contributed by atoms with Crippen molar-refractivity contribution < 1.29 is 0 Å². The summed E-state index contributed by atoms with van der Waals surface area (Å²) in [5.74, 6) is 0. The minimum absolute atomic E-state index is 0.0163. The van der Waals surface area contributed by atoms with Crippen LogP contribution >= 0.6 is 43.4 Å². The van der Waals surface area contributed by atoms with Gasteiger partial charge in [0.25, 0.3) is 0 Å². The predicted molar refractivity (Wildman–Crippen MR) is 271 cm³/mol. The van der Waals surface area contributed by atoms with Crippen LogP contribution in [0.25, 0.3) is 54.7 Å². The maximum absolute atomic E-state index is 4.92. The van der Waals surface area contributed by atoms with Gasteiger partial charge in [-0.3, -0.25) is 0 Å². The van der Waals surface area contributed by atoms with E-state index in [-0.39, 0.29) is 10.8 Å². The molecule has 2 aliphatic rings. The van der Waals surface area contributed by atoms with E-state index >= 15 is 0 Å². The maximum Gasteiger partial charge on any atom is 0.114 e. The van der Waals surface area contributed by atoms with Crippen molar-refractivity contribution in [2.75, 3.05) is 0 Å². The third kappa shape index (κ3) is 8.76. The lowest BCUT2D eigenvalue weighted by atomic mass is 9.70. The molecule has 0 saturated carbocycles. The second-order valence-electron chi connectivity index (χ2n) is 18.4. The molecule has 0 fully saturated rings. The summed E-state index contributed by atoms with van der Waals surface area (Å²) in [4.78, 5) is 0. The van der Waals surface area contributed by atoms with Gasteiger partial charge in [0.15, 0.2) is 0 Å². The topological polar surface area (TPSA) is 25.8 Å². The minimum Gasteiger partial charge on any atom is -0.137 e. The van der Waals surface area contributed by atoms with Gasteiger partial charge in [0.05, 0.1) is 4.70 Å². The molecular formula is C56H66Br2N2S. The first-order valence-electron chi connectivity index (χ1n) is 24.0. The van der Waals surface area contributed by atoms with Crippen molar-refractivity contribution in [1.29, 1.82) is 0 Å². The molecular weight excluding hydrogens is 893 g/mol. The highest BCUT2D eigenvalue weighted by Gasteiger charge is 2.44. The molecule has 5 heteroatoms. The first kappa shape index (κ1) is 44.5. The van der Waals surface area contributed by atoms with Gasteiger partial charge >= 0.3 is 0 Å². The van der Waals surface area contributed by atoms with Crippen LogP contribution in [0.2, 0.25) is 0 Å². The van der Waals surface area contributed by atoms with Crippen molar-refractivity contribution in [2.45, 2.75) is 167 Å². The van der Waals surface area contributed by atoms with E-state index in [1.165, 1.54) is 209 Å². The molecule has 0 spiro atoms. The summed E-state index contributed by atoms with van der Waals surface area (Å²) >= 11 is 9.35. The van der Waals surface area contributed by atoms with E-state index < -0.39 is 0 Å². The zero-order valence-corrected chi connectivity index (χ0v) is 41.3. The number of aromatic nitrogens is 2. The lowest BCUT2D eigenvalue weighted by Crippen LogP contribution is -2.25. The number of halogens is 2. The van der Waals surface area contributed by atoms with E-state index in [4.69, 9.17) is 5.10 Å². The molecule has 0 atom stereocenters. The Morgan fingerprint density at radius 1 is 0.410 bits per heavy atom. The first-order valence-corrected chi connectivity index (χ1v) is 26.4. The van der Waals surface area contributed by atoms with E-state index in [1.54, 1.807) is 11.5 Å². The van der Waals surface area contributed by atoms with Crippen LogP contribution in [0.1, 0.15) is 178 Å². The number of nitrogens with zero attached hydrogens (tertiary/aromatic N) is 2. The number of rotatable bonds is 22. The Kier molecular flexibility index (Phi) is 14.7. The number of fused-ring (bicyclic) bond motifs is 7. The Labute approximate surface area is 388 Å². The summed E-state index contributed by atoms with van der Waals surface area (Å²) in [6, 6.07) is 33.6. The van der Waals surface area contributed by atoms with Crippen molar-refractivity contribution in [3.8, 4) is 44.5 Å². The van der Waals surface area contributed by atoms with Crippen molar-refractivity contribution in [3.63, 3.8) is 0 Å². The van der Waals surface area contributed by atoms with Crippen LogP contribution in [0.4, 0.5) is 0 Å². The average Bonchev–Trinajstić information content (AvgIpc) is 3.94. The molecule has 1 aromatic heterocycles. The fourth-order valence-electron chi connectivity index (χ4n) is 11.3. The fraction of sp³-hybridized carbons (Fsp3) is 0.464. The second-order valence-corrected chi connectivity index (χ2v) is 21.0. The molecule has 0 radical (unpaired) electrons. The normalized spacial score (nSPS) is 14.3. The van der Waals surface area contributed by atoms with Crippen LogP contribution in [-0.2, 0) is 10.8 Å². The zero-order valence-electron chi connectivity index (χ0n) is 37.3. The van der Waals surface area contributed by atoms with E-state index in [2.05, 4.69) is 149 Å². The summed E-state index contributed by atoms with van der Waals surface area (Å²) < 4.78 is 8.23. The number of benzene rings is 5. The predicted octanol–water partition coefficient (Wildman–Crippen LogP) is 19.0. The first-order chi connectivity index (χ1) is 29.9. The van der Waals surface area contributed by atoms with Gasteiger partial charge in [-0.05, 0) is 129 Å². The molecule has 61 heavy (non-hydrogen) atoms. The van der Waals surface area contributed by atoms with Gasteiger partial charge in [-0.2, -0.15) is 0 Å². The molecule has 0 N–H and O–H groups in total. The third-order valence-electron chi connectivity index (χ3n) is 14.5. The Morgan fingerprint density at radius 3 is 1.20 bits per heavy atom. The van der Waals surface area contributed by atoms with Gasteiger partial charge in [0.1, 0.15) is 5.52 Å². The lowest BCUT2D eigenvalue weighted by molar-refractivity contribution is 0.401. The van der Waals surface area contributed by atoms with Crippen LogP contribution in [0.5, 0.6) is 0 Å². The van der Waals surface area contributed by atoms with E-state index in [0.717, 1.165) is 5.52 Å². The highest BCUT2D eigenvalue weighted by molar-refractivity contribution is 9.10. The van der Waals surface area contributed by atoms with Gasteiger partial charge in [0, 0.05) is 30.9 Å². The molecule has 0 unspecified atom stereocenters. The smallest absolute Gasteiger partial charge is 0.114 e. The van der Waals surface area contributed by atoms with Crippen molar-refractivity contribution in [3.05, 3.63) is 116 Å². The maximum atomic E-state index is 4.92. The summed E-state index contributed by atoms with van der Waals surface area (Å²) in [5, 5.41) is 4.92. The quantitative estimate of drug-likeness (QED) is 0.0634. The summed E-state index contributed by atoms with van der Waals surface area (Å²) in [6.07, 6.45) is 25.3. The van der Waals surface area contributed by atoms with Crippen LogP contribution in [0.3, 0.4) is 0 Å². The Balaban J connectivity index is 1.21. The SMILES string of the molecule is CCCCCCC1(CCCCCC)c2cc(Br)ccc2-c2ccc(-c3ccc(-c4ccc5c(c4)C(CCCCCC)(CCCCCC)c4cc(Br)ccc4-5)c4snnc34)cc21. The molecule has 0 aliphatic heterocycles. The van der Waals surface area contributed by atoms with Crippen LogP contribution in [0, 0.1) is 0 Å². The molecule has 1 heterocycles. The summed E-state index contributed by atoms with van der Waals surface area (Å²) in [6.45, 7) is 9.30. The van der Waals surface area contributed by atoms with Crippen LogP contribution < -0.4 is 0 Å². The van der Waals surface area contributed by atoms with Crippen LogP contribution in [0.15, 0.2) is 93.9 Å². The van der Waals surface area contributed by atoms with Crippen molar-refractivity contribution in [2.24, 2.45) is 0 Å². The summed E-state index contributed by atoms with van der Waals surface area (Å²) in [5.41, 5.74) is 17.8. The molecule has 0 amide bonds. The monoisotopic (exact) mass is 956 g/mol. The Morgan fingerprint density at radius 2 is 0.770 bits per heavy atom. The van der Waals surface area contributed by atoms with Crippen molar-refractivity contribution in [1.82, 2.24) is 9.59 Å². The lowest BCUT2D eigenvalue weighted by Gasteiger charge is -2.33. The van der Waals surface area contributed by atoms with Gasteiger partial charge in [-0.1, -0.05) is 215 Å². The van der Waals surface area contributed by atoms with E-state index in [9.17, 15) is 0 Å². The second kappa shape index (κ2) is 20.2. The number of unbranched alkanes of at least 4 members (excludes halogenated alkanes) is 12. The third-order valence-corrected chi connectivity index (χ3v) is 16.2. The molecule has 2 aliphatic carbocycles. The molecule has 2 nitrogen and oxygen atoms in total. The zero-order chi connectivity index (χ0) is 42.4. The fourth-order valence-corrected chi connectivity index (χ4v) is 12.8. The van der Waals surface area contributed by atoms with Gasteiger partial charge in [0.2, 0.25) is 0 Å². The Bertz CT molecular complexity index is 2250. The molecule has 5 aromatic carbocycles. The summed E-state index contributed by atoms with van der Waals surface area (Å²) in [7, 11) is 0. The largest absolute Gasteiger partial charge is 0.137 e. The Hall–Kier alpha value is -3.12. The molecule has 0 bridgehead atoms. The highest BCUT2D eigenvalue weighted by Crippen LogP contribution is 2.58. The van der Waals surface area contributed by atoms with Gasteiger partial charge in [-0.25, -0.2) is 0 Å². The molecule has 8 rings (SSSR count). The average molecular weight is 959 g/mol. The minimum atomic E-state index is 0.0163. The van der Waals surface area contributed by atoms with Gasteiger partial charge in [-0.15, -0.1) is 5.10 Å². The number of hydrogen-bond donors (Lipinski definition) is 0. The standard InChI is InChI=1S/C56H66Br2N2S/c1-5-9-13-17-31-55(32-18-14-10-6-2)49-35-39(21-25-45(49)47-27-23-41(57)37-51(47)55)43-29-30-44(54-53(43)59-60-61-54)40-22-26-46-48-28-24-42(58)38-52(48)56(50(46)36-40,33-19-15-11-7-3)34-20-16-12-8-4/h21-30,35-38H,5-20,31-34H2,1-4H3. The molecule has 6 aromatic rings. The van der Waals surface area contributed by atoms with Crippen LogP contribution in [-0.4, -0.2) is 9.59 Å². The van der Waals surface area contributed by atoms with Crippen molar-refractivity contribution >= 4 is 53.6 Å².